The van der Waals surface area contributed by atoms with Gasteiger partial charge < -0.3 is 0 Å². The molecule has 4 rings (SSSR count). The Hall–Kier alpha value is -0.0200. The van der Waals surface area contributed by atoms with Crippen LogP contribution >= 0.6 is 55.2 Å². The van der Waals surface area contributed by atoms with Crippen molar-refractivity contribution in [2.45, 2.75) is 12.8 Å². The van der Waals surface area contributed by atoms with Crippen molar-refractivity contribution in [1.82, 2.24) is 0 Å². The molecule has 1 fully saturated rings. The molecular formula is C22H24I2P2. The molecule has 0 radical (unpaired) electrons. The Morgan fingerprint density at radius 3 is 1.23 bits per heavy atom. The van der Waals surface area contributed by atoms with Crippen LogP contribution in [0.4, 0.5) is 0 Å². The van der Waals surface area contributed by atoms with E-state index >= 15 is 0 Å². The summed E-state index contributed by atoms with van der Waals surface area (Å²) < 4.78 is -2.46. The van der Waals surface area contributed by atoms with Crippen LogP contribution in [0.1, 0.15) is 12.8 Å². The minimum atomic E-state index is -2.46. The second-order valence-electron chi connectivity index (χ2n) is 6.82. The van der Waals surface area contributed by atoms with Crippen LogP contribution in [0.5, 0.6) is 0 Å². The number of rotatable bonds is 5. The summed E-state index contributed by atoms with van der Waals surface area (Å²) in [5.41, 5.74) is 0. The van der Waals surface area contributed by atoms with Gasteiger partial charge in [-0.25, -0.2) is 0 Å². The Balaban J connectivity index is 0.000000948. The molecule has 1 unspecified atom stereocenters. The minimum absolute atomic E-state index is 0.861. The van der Waals surface area contributed by atoms with Gasteiger partial charge in [0.05, 0.1) is 0 Å². The van der Waals surface area contributed by atoms with Crippen molar-refractivity contribution in [1.29, 1.82) is 0 Å². The average Bonchev–Trinajstić information content (AvgIpc) is 3.55. The number of halogens is 2. The zero-order chi connectivity index (χ0) is 18.5. The Kier molecular flexibility index (Phi) is 7.16. The fourth-order valence-corrected chi connectivity index (χ4v) is 13.6. The van der Waals surface area contributed by atoms with E-state index < -0.39 is 4.25 Å². The van der Waals surface area contributed by atoms with Gasteiger partial charge in [0.1, 0.15) is 0 Å². The van der Waals surface area contributed by atoms with Crippen LogP contribution < -0.4 is 15.9 Å². The van der Waals surface area contributed by atoms with Gasteiger partial charge in [-0.15, -0.1) is 0 Å². The SMILES string of the molecule is IP(CC1CC1)(c1ccccc1)(c1ccccc1)c1ccccc1.PI. The van der Waals surface area contributed by atoms with Gasteiger partial charge in [-0.1, -0.05) is 28.9 Å². The van der Waals surface area contributed by atoms with Gasteiger partial charge in [-0.2, -0.15) is 0 Å². The van der Waals surface area contributed by atoms with Crippen LogP contribution in [0.2, 0.25) is 0 Å². The second-order valence-corrected chi connectivity index (χ2v) is 17.5. The van der Waals surface area contributed by atoms with Crippen LogP contribution in [0.25, 0.3) is 0 Å². The molecule has 136 valence electrons. The molecule has 1 saturated carbocycles. The molecule has 4 heteroatoms. The van der Waals surface area contributed by atoms with Gasteiger partial charge in [-0.3, -0.25) is 0 Å². The molecule has 0 heterocycles. The fraction of sp³-hybridized carbons (Fsp3) is 0.182. The van der Waals surface area contributed by atoms with Crippen molar-refractivity contribution in [3.8, 4) is 0 Å². The van der Waals surface area contributed by atoms with E-state index in [1.54, 1.807) is 0 Å². The molecule has 0 nitrogen and oxygen atoms in total. The van der Waals surface area contributed by atoms with E-state index in [9.17, 15) is 0 Å². The summed E-state index contributed by atoms with van der Waals surface area (Å²) in [5, 5.41) is 4.52. The van der Waals surface area contributed by atoms with Gasteiger partial charge in [0.25, 0.3) is 0 Å². The van der Waals surface area contributed by atoms with Crippen LogP contribution in [0.3, 0.4) is 0 Å². The Morgan fingerprint density at radius 1 is 0.654 bits per heavy atom. The van der Waals surface area contributed by atoms with E-state index in [1.807, 2.05) is 0 Å². The topological polar surface area (TPSA) is 0 Å². The minimum Gasteiger partial charge on any atom is -0.0702 e. The molecule has 0 aliphatic heterocycles. The fourth-order valence-electron chi connectivity index (χ4n) is 3.77. The van der Waals surface area contributed by atoms with Gasteiger partial charge in [-0.05, 0) is 0 Å². The number of benzene rings is 3. The largest absolute Gasteiger partial charge is 0.0702 e. The third kappa shape index (κ3) is 3.90. The van der Waals surface area contributed by atoms with Crippen LogP contribution in [-0.4, -0.2) is 6.16 Å². The quantitative estimate of drug-likeness (QED) is 0.231. The number of hydrogen-bond donors (Lipinski definition) is 0. The van der Waals surface area contributed by atoms with Crippen molar-refractivity contribution in [2.75, 3.05) is 6.16 Å². The standard InChI is InChI=1S/C22H22IP.H2IP/c23-24(18-19-16-17-19,20-10-4-1-5-11-20,21-12-6-2-7-13-21)22-14-8-3-9-15-22;1-2/h1-15,19H,16-18H2;2H2. The molecular weight excluding hydrogens is 580 g/mol. The van der Waals surface area contributed by atoms with Crippen molar-refractivity contribution in [2.24, 2.45) is 5.92 Å². The molecule has 1 atom stereocenters. The molecule has 1 aliphatic carbocycles. The molecule has 3 aromatic carbocycles. The molecule has 3 aromatic rings. The predicted molar refractivity (Wildman–Crippen MR) is 140 cm³/mol. The van der Waals surface area contributed by atoms with E-state index in [2.05, 4.69) is 142 Å². The van der Waals surface area contributed by atoms with Gasteiger partial charge in [0.15, 0.2) is 0 Å². The normalized spacial score (nSPS) is 15.3. The Labute approximate surface area is 185 Å². The maximum Gasteiger partial charge on any atom is -0.0610 e. The third-order valence-corrected chi connectivity index (χ3v) is 16.7. The summed E-state index contributed by atoms with van der Waals surface area (Å²) in [5.74, 6) is 0.861. The second kappa shape index (κ2) is 8.99. The monoisotopic (exact) mass is 604 g/mol. The van der Waals surface area contributed by atoms with E-state index in [0.29, 0.717) is 0 Å². The average molecular weight is 604 g/mol. The molecule has 0 aromatic heterocycles. The summed E-state index contributed by atoms with van der Waals surface area (Å²) in [6.07, 6.45) is 4.05. The van der Waals surface area contributed by atoms with Crippen molar-refractivity contribution < 1.29 is 0 Å². The van der Waals surface area contributed by atoms with Crippen molar-refractivity contribution in [3.63, 3.8) is 0 Å². The maximum absolute atomic E-state index is 2.89. The van der Waals surface area contributed by atoms with E-state index in [-0.39, 0.29) is 0 Å². The van der Waals surface area contributed by atoms with Gasteiger partial charge in [0.2, 0.25) is 0 Å². The van der Waals surface area contributed by atoms with Crippen molar-refractivity contribution >= 4 is 71.1 Å². The Bertz CT molecular complexity index is 719. The number of hydrogen-bond acceptors (Lipinski definition) is 0. The smallest absolute Gasteiger partial charge is 0.0610 e. The molecule has 0 amide bonds. The summed E-state index contributed by atoms with van der Waals surface area (Å²) in [6.45, 7) is 2.39. The maximum atomic E-state index is 2.89. The first-order valence-corrected chi connectivity index (χ1v) is 18.2. The van der Waals surface area contributed by atoms with Crippen molar-refractivity contribution in [3.05, 3.63) is 91.0 Å². The summed E-state index contributed by atoms with van der Waals surface area (Å²) >= 11 is 4.96. The zero-order valence-electron chi connectivity index (χ0n) is 14.6. The van der Waals surface area contributed by atoms with Crippen LogP contribution in [0, 0.1) is 5.92 Å². The van der Waals surface area contributed by atoms with Crippen LogP contribution in [0.15, 0.2) is 91.0 Å². The molecule has 0 bridgehead atoms. The summed E-state index contributed by atoms with van der Waals surface area (Å²) in [4.78, 5) is 0. The predicted octanol–water partition coefficient (Wildman–Crippen LogP) is 6.49. The van der Waals surface area contributed by atoms with E-state index in [1.165, 1.54) is 34.9 Å². The molecule has 0 N–H and O–H groups in total. The van der Waals surface area contributed by atoms with E-state index in [0.717, 1.165) is 5.92 Å². The summed E-state index contributed by atoms with van der Waals surface area (Å²) in [7, 11) is 0. The first-order chi connectivity index (χ1) is 12.7. The molecule has 1 aliphatic rings. The molecule has 26 heavy (non-hydrogen) atoms. The van der Waals surface area contributed by atoms with Gasteiger partial charge in [0, 0.05) is 0 Å². The third-order valence-electron chi connectivity index (χ3n) is 5.18. The first-order valence-electron chi connectivity index (χ1n) is 8.83. The Morgan fingerprint density at radius 2 is 0.962 bits per heavy atom. The van der Waals surface area contributed by atoms with E-state index in [4.69, 9.17) is 0 Å². The first kappa shape index (κ1) is 20.7. The summed E-state index contributed by atoms with van der Waals surface area (Å²) in [6, 6.07) is 33.7. The van der Waals surface area contributed by atoms with Gasteiger partial charge >= 0.3 is 158 Å². The zero-order valence-corrected chi connectivity index (χ0v) is 21.0. The van der Waals surface area contributed by atoms with Crippen LogP contribution in [-0.2, 0) is 0 Å². The molecule has 0 spiro atoms. The molecule has 0 saturated heterocycles.